The SMILES string of the molecule is O=C(CCc1nc(-c2ccccc2)no1)OCc1cc(Cl)c2c(c1)OCCO2. The first kappa shape index (κ1) is 18.3. The third-order valence-corrected chi connectivity index (χ3v) is 4.38. The molecule has 0 radical (unpaired) electrons. The number of carbonyl (C=O) groups is 1. The van der Waals surface area contributed by atoms with Crippen molar-refractivity contribution in [2.75, 3.05) is 13.2 Å². The van der Waals surface area contributed by atoms with Gasteiger partial charge in [0, 0.05) is 12.0 Å². The Labute approximate surface area is 166 Å². The maximum absolute atomic E-state index is 12.0. The Morgan fingerprint density at radius 1 is 1.14 bits per heavy atom. The van der Waals surface area contributed by atoms with Gasteiger partial charge in [0.2, 0.25) is 11.7 Å². The van der Waals surface area contributed by atoms with Crippen LogP contribution in [0.5, 0.6) is 11.5 Å². The highest BCUT2D eigenvalue weighted by Gasteiger charge is 2.17. The van der Waals surface area contributed by atoms with Gasteiger partial charge in [0.25, 0.3) is 0 Å². The number of aromatic nitrogens is 2. The number of rotatable bonds is 6. The highest BCUT2D eigenvalue weighted by Crippen LogP contribution is 2.38. The fourth-order valence-corrected chi connectivity index (χ4v) is 3.04. The van der Waals surface area contributed by atoms with Crippen molar-refractivity contribution in [2.45, 2.75) is 19.4 Å². The van der Waals surface area contributed by atoms with Gasteiger partial charge in [-0.15, -0.1) is 0 Å². The Bertz CT molecular complexity index is 974. The van der Waals surface area contributed by atoms with Crippen LogP contribution in [0.2, 0.25) is 5.02 Å². The van der Waals surface area contributed by atoms with Gasteiger partial charge < -0.3 is 18.7 Å². The third kappa shape index (κ3) is 4.26. The first-order valence-corrected chi connectivity index (χ1v) is 9.18. The molecule has 0 saturated heterocycles. The fourth-order valence-electron chi connectivity index (χ4n) is 2.75. The Morgan fingerprint density at radius 2 is 1.96 bits per heavy atom. The maximum Gasteiger partial charge on any atom is 0.306 e. The second-order valence-electron chi connectivity index (χ2n) is 6.14. The van der Waals surface area contributed by atoms with Crippen LogP contribution in [0.15, 0.2) is 47.0 Å². The summed E-state index contributed by atoms with van der Waals surface area (Å²) in [5.41, 5.74) is 1.59. The molecule has 0 N–H and O–H groups in total. The molecule has 0 unspecified atom stereocenters. The second kappa shape index (κ2) is 8.31. The van der Waals surface area contributed by atoms with Crippen LogP contribution in [0.4, 0.5) is 0 Å². The van der Waals surface area contributed by atoms with Gasteiger partial charge in [-0.05, 0) is 17.7 Å². The zero-order valence-electron chi connectivity index (χ0n) is 14.9. The van der Waals surface area contributed by atoms with Crippen molar-refractivity contribution in [3.8, 4) is 22.9 Å². The first-order valence-electron chi connectivity index (χ1n) is 8.81. The molecule has 1 aliphatic heterocycles. The van der Waals surface area contributed by atoms with Crippen LogP contribution in [0.3, 0.4) is 0 Å². The largest absolute Gasteiger partial charge is 0.486 e. The number of fused-ring (bicyclic) bond motifs is 1. The van der Waals surface area contributed by atoms with E-state index in [9.17, 15) is 4.79 Å². The predicted molar refractivity (Wildman–Crippen MR) is 100 cm³/mol. The lowest BCUT2D eigenvalue weighted by atomic mass is 10.2. The van der Waals surface area contributed by atoms with E-state index in [1.165, 1.54) is 0 Å². The normalized spacial score (nSPS) is 12.6. The number of esters is 1. The lowest BCUT2D eigenvalue weighted by Crippen LogP contribution is -2.16. The Balaban J connectivity index is 1.30. The summed E-state index contributed by atoms with van der Waals surface area (Å²) >= 11 is 6.18. The van der Waals surface area contributed by atoms with Crippen molar-refractivity contribution >= 4 is 17.6 Å². The third-order valence-electron chi connectivity index (χ3n) is 4.10. The van der Waals surface area contributed by atoms with Crippen LogP contribution in [-0.2, 0) is 22.6 Å². The van der Waals surface area contributed by atoms with Crippen LogP contribution >= 0.6 is 11.6 Å². The van der Waals surface area contributed by atoms with Crippen molar-refractivity contribution in [1.82, 2.24) is 10.1 Å². The van der Waals surface area contributed by atoms with Crippen molar-refractivity contribution in [2.24, 2.45) is 0 Å². The van der Waals surface area contributed by atoms with E-state index in [1.54, 1.807) is 12.1 Å². The van der Waals surface area contributed by atoms with Gasteiger partial charge in [0.1, 0.15) is 19.8 Å². The zero-order valence-corrected chi connectivity index (χ0v) is 15.6. The Kier molecular flexibility index (Phi) is 5.43. The number of nitrogens with zero attached hydrogens (tertiary/aromatic N) is 2. The van der Waals surface area contributed by atoms with Crippen molar-refractivity contribution in [3.05, 3.63) is 58.9 Å². The minimum atomic E-state index is -0.370. The van der Waals surface area contributed by atoms with Gasteiger partial charge >= 0.3 is 5.97 Å². The topological polar surface area (TPSA) is 83.7 Å². The number of ether oxygens (including phenoxy) is 3. The molecule has 3 aromatic rings. The molecule has 4 rings (SSSR count). The lowest BCUT2D eigenvalue weighted by molar-refractivity contribution is -0.145. The Hall–Kier alpha value is -3.06. The van der Waals surface area contributed by atoms with E-state index < -0.39 is 0 Å². The molecule has 0 atom stereocenters. The van der Waals surface area contributed by atoms with Crippen LogP contribution in [0, 0.1) is 0 Å². The first-order chi connectivity index (χ1) is 13.7. The standard InChI is InChI=1S/C20H17ClN2O5/c21-15-10-13(11-16-19(15)26-9-8-25-16)12-27-18(24)7-6-17-22-20(23-28-17)14-4-2-1-3-5-14/h1-5,10-11H,6-9,12H2. The number of benzene rings is 2. The Morgan fingerprint density at radius 3 is 2.82 bits per heavy atom. The van der Waals surface area contributed by atoms with E-state index in [1.807, 2.05) is 30.3 Å². The fraction of sp³-hybridized carbons (Fsp3) is 0.250. The minimum absolute atomic E-state index is 0.0916. The number of carbonyl (C=O) groups excluding carboxylic acids is 1. The van der Waals surface area contributed by atoms with E-state index in [-0.39, 0.29) is 19.0 Å². The molecule has 8 heteroatoms. The number of aryl methyl sites for hydroxylation is 1. The molecule has 144 valence electrons. The van der Waals surface area contributed by atoms with Crippen LogP contribution in [-0.4, -0.2) is 29.3 Å². The highest BCUT2D eigenvalue weighted by atomic mass is 35.5. The molecule has 2 heterocycles. The monoisotopic (exact) mass is 400 g/mol. The quantitative estimate of drug-likeness (QED) is 0.581. The number of hydrogen-bond donors (Lipinski definition) is 0. The summed E-state index contributed by atoms with van der Waals surface area (Å²) in [5.74, 6) is 1.59. The molecule has 0 saturated carbocycles. The summed E-state index contributed by atoms with van der Waals surface area (Å²) in [5, 5.41) is 4.36. The van der Waals surface area contributed by atoms with Crippen molar-refractivity contribution in [3.63, 3.8) is 0 Å². The summed E-state index contributed by atoms with van der Waals surface area (Å²) in [6, 6.07) is 12.9. The van der Waals surface area contributed by atoms with Gasteiger partial charge in [-0.2, -0.15) is 4.98 Å². The van der Waals surface area contributed by atoms with Gasteiger partial charge in [-0.25, -0.2) is 0 Å². The van der Waals surface area contributed by atoms with E-state index in [0.717, 1.165) is 11.1 Å². The summed E-state index contributed by atoms with van der Waals surface area (Å²) in [6.45, 7) is 1.01. The zero-order chi connectivity index (χ0) is 19.3. The summed E-state index contributed by atoms with van der Waals surface area (Å²) in [4.78, 5) is 16.3. The van der Waals surface area contributed by atoms with Crippen LogP contribution in [0.1, 0.15) is 17.9 Å². The molecule has 7 nitrogen and oxygen atoms in total. The van der Waals surface area contributed by atoms with Crippen LogP contribution < -0.4 is 9.47 Å². The van der Waals surface area contributed by atoms with Crippen LogP contribution in [0.25, 0.3) is 11.4 Å². The molecule has 1 aromatic heterocycles. The van der Waals surface area contributed by atoms with Gasteiger partial charge in [0.15, 0.2) is 11.5 Å². The average molecular weight is 401 g/mol. The number of hydrogen-bond acceptors (Lipinski definition) is 7. The minimum Gasteiger partial charge on any atom is -0.486 e. The van der Waals surface area contributed by atoms with E-state index >= 15 is 0 Å². The molecular formula is C20H17ClN2O5. The van der Waals surface area contributed by atoms with E-state index in [2.05, 4.69) is 10.1 Å². The molecular weight excluding hydrogens is 384 g/mol. The molecule has 28 heavy (non-hydrogen) atoms. The molecule has 0 aliphatic carbocycles. The van der Waals surface area contributed by atoms with Gasteiger partial charge in [-0.3, -0.25) is 4.79 Å². The summed E-state index contributed by atoms with van der Waals surface area (Å²) in [6.07, 6.45) is 0.440. The molecule has 0 fully saturated rings. The van der Waals surface area contributed by atoms with Gasteiger partial charge in [0.05, 0.1) is 11.4 Å². The molecule has 2 aromatic carbocycles. The predicted octanol–water partition coefficient (Wildman–Crippen LogP) is 3.84. The second-order valence-corrected chi connectivity index (χ2v) is 6.55. The lowest BCUT2D eigenvalue weighted by Gasteiger charge is -2.20. The number of halogens is 1. The highest BCUT2D eigenvalue weighted by molar-refractivity contribution is 6.32. The van der Waals surface area contributed by atoms with E-state index in [0.29, 0.717) is 47.9 Å². The molecule has 0 spiro atoms. The average Bonchev–Trinajstić information content (AvgIpc) is 3.21. The van der Waals surface area contributed by atoms with Gasteiger partial charge in [-0.1, -0.05) is 47.1 Å². The molecule has 0 bridgehead atoms. The summed E-state index contributed by atoms with van der Waals surface area (Å²) in [7, 11) is 0. The molecule has 1 aliphatic rings. The van der Waals surface area contributed by atoms with E-state index in [4.69, 9.17) is 30.3 Å². The molecule has 0 amide bonds. The van der Waals surface area contributed by atoms with Crippen molar-refractivity contribution < 1.29 is 23.5 Å². The smallest absolute Gasteiger partial charge is 0.306 e. The van der Waals surface area contributed by atoms with Crippen molar-refractivity contribution in [1.29, 1.82) is 0 Å². The maximum atomic E-state index is 12.0. The summed E-state index contributed by atoms with van der Waals surface area (Å²) < 4.78 is 21.5.